The third-order valence-electron chi connectivity index (χ3n) is 2.79. The highest BCUT2D eigenvalue weighted by Crippen LogP contribution is 2.34. The minimum absolute atomic E-state index is 0.412. The van der Waals surface area contributed by atoms with E-state index in [1.165, 1.54) is 0 Å². The molecule has 0 saturated heterocycles. The average molecular weight is 325 g/mol. The van der Waals surface area contributed by atoms with Crippen molar-refractivity contribution in [2.75, 3.05) is 6.54 Å². The number of benzene rings is 1. The Morgan fingerprint density at radius 1 is 1.24 bits per heavy atom. The van der Waals surface area contributed by atoms with E-state index in [2.05, 4.69) is 24.1 Å². The van der Waals surface area contributed by atoms with Crippen molar-refractivity contribution in [1.29, 1.82) is 0 Å². The molecular formula is C16H18Cl2N2O. The fourth-order valence-corrected chi connectivity index (χ4v) is 2.13. The fourth-order valence-electron chi connectivity index (χ4n) is 1.79. The molecule has 3 nitrogen and oxygen atoms in total. The highest BCUT2D eigenvalue weighted by Gasteiger charge is 2.07. The molecule has 0 atom stereocenters. The Balaban J connectivity index is 2.05. The van der Waals surface area contributed by atoms with Crippen LogP contribution in [-0.4, -0.2) is 11.5 Å². The summed E-state index contributed by atoms with van der Waals surface area (Å²) in [5.41, 5.74) is 0.923. The number of pyridine rings is 1. The van der Waals surface area contributed by atoms with E-state index < -0.39 is 0 Å². The molecule has 0 aliphatic carbocycles. The first-order valence-electron chi connectivity index (χ1n) is 6.84. The molecule has 0 aliphatic heterocycles. The summed E-state index contributed by atoms with van der Waals surface area (Å²) >= 11 is 12.1. The molecule has 0 fully saturated rings. The molecule has 0 bridgehead atoms. The molecule has 2 aromatic rings. The zero-order valence-corrected chi connectivity index (χ0v) is 13.6. The van der Waals surface area contributed by atoms with Crippen molar-refractivity contribution in [2.24, 2.45) is 5.92 Å². The summed E-state index contributed by atoms with van der Waals surface area (Å²) in [6.45, 7) is 5.99. The van der Waals surface area contributed by atoms with Gasteiger partial charge in [-0.1, -0.05) is 43.1 Å². The number of halogens is 2. The number of nitrogens with one attached hydrogen (secondary N) is 1. The third kappa shape index (κ3) is 4.88. The van der Waals surface area contributed by atoms with Crippen molar-refractivity contribution in [2.45, 2.75) is 20.4 Å². The monoisotopic (exact) mass is 324 g/mol. The number of aromatic nitrogens is 1. The van der Waals surface area contributed by atoms with Gasteiger partial charge in [-0.25, -0.2) is 0 Å². The van der Waals surface area contributed by atoms with E-state index in [1.807, 2.05) is 6.07 Å². The van der Waals surface area contributed by atoms with Crippen LogP contribution in [0.1, 0.15) is 19.5 Å². The molecule has 21 heavy (non-hydrogen) atoms. The van der Waals surface area contributed by atoms with Gasteiger partial charge in [-0.05, 0) is 30.7 Å². The summed E-state index contributed by atoms with van der Waals surface area (Å²) < 4.78 is 5.77. The second kappa shape index (κ2) is 7.64. The van der Waals surface area contributed by atoms with Gasteiger partial charge in [0.25, 0.3) is 0 Å². The molecule has 0 spiro atoms. The first-order chi connectivity index (χ1) is 10.1. The Morgan fingerprint density at radius 2 is 2.05 bits per heavy atom. The van der Waals surface area contributed by atoms with Gasteiger partial charge in [0.2, 0.25) is 0 Å². The van der Waals surface area contributed by atoms with Crippen LogP contribution >= 0.6 is 23.2 Å². The lowest BCUT2D eigenvalue weighted by molar-refractivity contribution is 0.479. The Hall–Kier alpha value is -1.29. The first-order valence-corrected chi connectivity index (χ1v) is 7.59. The molecule has 0 radical (unpaired) electrons. The average Bonchev–Trinajstić information content (AvgIpc) is 2.44. The molecule has 2 rings (SSSR count). The second-order valence-corrected chi connectivity index (χ2v) is 5.95. The topological polar surface area (TPSA) is 34.1 Å². The van der Waals surface area contributed by atoms with Crippen molar-refractivity contribution >= 4 is 23.2 Å². The molecule has 112 valence electrons. The zero-order chi connectivity index (χ0) is 15.2. The van der Waals surface area contributed by atoms with Crippen LogP contribution < -0.4 is 10.1 Å². The number of hydrogen-bond donors (Lipinski definition) is 1. The Bertz CT molecular complexity index is 603. The number of ether oxygens (including phenoxy) is 1. The van der Waals surface area contributed by atoms with E-state index in [0.717, 1.165) is 12.2 Å². The van der Waals surface area contributed by atoms with Crippen LogP contribution in [-0.2, 0) is 6.54 Å². The van der Waals surface area contributed by atoms with E-state index in [-0.39, 0.29) is 0 Å². The molecule has 0 amide bonds. The van der Waals surface area contributed by atoms with Gasteiger partial charge in [-0.2, -0.15) is 0 Å². The summed E-state index contributed by atoms with van der Waals surface area (Å²) in [7, 11) is 0. The van der Waals surface area contributed by atoms with Gasteiger partial charge < -0.3 is 10.1 Å². The van der Waals surface area contributed by atoms with E-state index in [0.29, 0.717) is 34.0 Å². The van der Waals surface area contributed by atoms with Gasteiger partial charge in [-0.15, -0.1) is 0 Å². The normalized spacial score (nSPS) is 10.9. The second-order valence-electron chi connectivity index (χ2n) is 5.16. The van der Waals surface area contributed by atoms with Crippen LogP contribution in [0.4, 0.5) is 0 Å². The van der Waals surface area contributed by atoms with Crippen molar-refractivity contribution in [3.63, 3.8) is 0 Å². The molecule has 1 N–H and O–H groups in total. The highest BCUT2D eigenvalue weighted by molar-refractivity contribution is 6.42. The molecule has 0 unspecified atom stereocenters. The smallest absolute Gasteiger partial charge is 0.147 e. The largest absolute Gasteiger partial charge is 0.456 e. The fraction of sp³-hybridized carbons (Fsp3) is 0.312. The van der Waals surface area contributed by atoms with Crippen molar-refractivity contribution in [3.05, 3.63) is 52.3 Å². The van der Waals surface area contributed by atoms with E-state index in [4.69, 9.17) is 27.9 Å². The lowest BCUT2D eigenvalue weighted by Crippen LogP contribution is -2.19. The van der Waals surface area contributed by atoms with Gasteiger partial charge in [0.1, 0.15) is 16.5 Å². The molecule has 0 aliphatic rings. The molecule has 1 aromatic carbocycles. The van der Waals surface area contributed by atoms with E-state index in [1.54, 1.807) is 30.5 Å². The molecule has 5 heteroatoms. The summed E-state index contributed by atoms with van der Waals surface area (Å²) in [6.07, 6.45) is 1.72. The molecule has 1 aromatic heterocycles. The number of nitrogens with zero attached hydrogens (tertiary/aromatic N) is 1. The van der Waals surface area contributed by atoms with Gasteiger partial charge in [0.15, 0.2) is 0 Å². The quantitative estimate of drug-likeness (QED) is 0.818. The third-order valence-corrected chi connectivity index (χ3v) is 3.59. The summed E-state index contributed by atoms with van der Waals surface area (Å²) in [5.74, 6) is 1.83. The van der Waals surface area contributed by atoms with Crippen LogP contribution in [0.15, 0.2) is 36.5 Å². The number of hydrogen-bond acceptors (Lipinski definition) is 3. The predicted octanol–water partition coefficient (Wildman–Crippen LogP) is 4.93. The van der Waals surface area contributed by atoms with Gasteiger partial charge in [0, 0.05) is 18.8 Å². The van der Waals surface area contributed by atoms with Crippen molar-refractivity contribution < 1.29 is 4.74 Å². The van der Waals surface area contributed by atoms with Crippen LogP contribution in [0.5, 0.6) is 11.5 Å². The number of rotatable bonds is 6. The van der Waals surface area contributed by atoms with Crippen LogP contribution in [0.2, 0.25) is 10.0 Å². The Labute approximate surface area is 135 Å². The maximum absolute atomic E-state index is 6.12. The van der Waals surface area contributed by atoms with Gasteiger partial charge >= 0.3 is 0 Å². The first kappa shape index (κ1) is 16.1. The maximum atomic E-state index is 6.12. The SMILES string of the molecule is CC(C)CNCc1cc(Oc2cccc(Cl)c2Cl)ccn1. The highest BCUT2D eigenvalue weighted by atomic mass is 35.5. The minimum Gasteiger partial charge on any atom is -0.456 e. The van der Waals surface area contributed by atoms with Crippen molar-refractivity contribution in [1.82, 2.24) is 10.3 Å². The maximum Gasteiger partial charge on any atom is 0.147 e. The van der Waals surface area contributed by atoms with Crippen LogP contribution in [0.25, 0.3) is 0 Å². The van der Waals surface area contributed by atoms with Crippen LogP contribution in [0, 0.1) is 5.92 Å². The van der Waals surface area contributed by atoms with Crippen molar-refractivity contribution in [3.8, 4) is 11.5 Å². The van der Waals surface area contributed by atoms with Gasteiger partial charge in [-0.3, -0.25) is 4.98 Å². The lowest BCUT2D eigenvalue weighted by Gasteiger charge is -2.10. The molecule has 1 heterocycles. The molecule has 0 saturated carbocycles. The van der Waals surface area contributed by atoms with Gasteiger partial charge in [0.05, 0.1) is 10.7 Å². The van der Waals surface area contributed by atoms with E-state index >= 15 is 0 Å². The zero-order valence-electron chi connectivity index (χ0n) is 12.1. The lowest BCUT2D eigenvalue weighted by atomic mass is 10.2. The predicted molar refractivity (Wildman–Crippen MR) is 87.3 cm³/mol. The minimum atomic E-state index is 0.412. The van der Waals surface area contributed by atoms with E-state index in [9.17, 15) is 0 Å². The summed E-state index contributed by atoms with van der Waals surface area (Å²) in [5, 5.41) is 4.23. The summed E-state index contributed by atoms with van der Waals surface area (Å²) in [4.78, 5) is 4.32. The summed E-state index contributed by atoms with van der Waals surface area (Å²) in [6, 6.07) is 9.00. The molecular weight excluding hydrogens is 307 g/mol. The Kier molecular flexibility index (Phi) is 5.85. The Morgan fingerprint density at radius 3 is 2.81 bits per heavy atom. The standard InChI is InChI=1S/C16H18Cl2N2O/c1-11(2)9-19-10-12-8-13(6-7-20-12)21-15-5-3-4-14(17)16(15)18/h3-8,11,19H,9-10H2,1-2H3. The van der Waals surface area contributed by atoms with Crippen LogP contribution in [0.3, 0.4) is 0 Å².